The largest absolute Gasteiger partial charge is 0.484 e. The Kier molecular flexibility index (Phi) is 5.69. The number of methoxy groups -OCH3 is 1. The Hall–Kier alpha value is -2.96. The highest BCUT2D eigenvalue weighted by Crippen LogP contribution is 2.21. The SMILES string of the molecule is COC(=O)c1cc(NC(=O)COc2ccc(C)c(C)c2)c(F)cc1F. The molecule has 7 heteroatoms. The summed E-state index contributed by atoms with van der Waals surface area (Å²) in [4.78, 5) is 23.3. The quantitative estimate of drug-likeness (QED) is 0.841. The highest BCUT2D eigenvalue weighted by atomic mass is 19.1. The maximum absolute atomic E-state index is 13.8. The lowest BCUT2D eigenvalue weighted by Gasteiger charge is -2.11. The summed E-state index contributed by atoms with van der Waals surface area (Å²) in [5.74, 6) is -3.22. The summed E-state index contributed by atoms with van der Waals surface area (Å²) in [5.41, 5.74) is 1.27. The molecule has 2 rings (SSSR count). The molecular formula is C18H17F2NO4. The van der Waals surface area contributed by atoms with E-state index in [1.165, 1.54) is 0 Å². The van der Waals surface area contributed by atoms with Crippen LogP contribution in [0.3, 0.4) is 0 Å². The van der Waals surface area contributed by atoms with Gasteiger partial charge in [0.15, 0.2) is 6.61 Å². The number of amides is 1. The molecule has 5 nitrogen and oxygen atoms in total. The molecule has 132 valence electrons. The summed E-state index contributed by atoms with van der Waals surface area (Å²) in [6.45, 7) is 3.49. The molecule has 0 radical (unpaired) electrons. The van der Waals surface area contributed by atoms with Crippen LogP contribution in [0, 0.1) is 25.5 Å². The first-order valence-corrected chi connectivity index (χ1v) is 7.39. The highest BCUT2D eigenvalue weighted by Gasteiger charge is 2.18. The lowest BCUT2D eigenvalue weighted by molar-refractivity contribution is -0.118. The van der Waals surface area contributed by atoms with E-state index in [2.05, 4.69) is 10.1 Å². The van der Waals surface area contributed by atoms with E-state index in [-0.39, 0.29) is 12.3 Å². The van der Waals surface area contributed by atoms with E-state index in [0.717, 1.165) is 24.3 Å². The van der Waals surface area contributed by atoms with Crippen LogP contribution in [0.25, 0.3) is 0 Å². The topological polar surface area (TPSA) is 64.6 Å². The molecule has 0 saturated carbocycles. The van der Waals surface area contributed by atoms with Crippen LogP contribution in [-0.4, -0.2) is 25.6 Å². The summed E-state index contributed by atoms with van der Waals surface area (Å²) in [7, 11) is 1.07. The average molecular weight is 349 g/mol. The number of carbonyl (C=O) groups is 2. The van der Waals surface area contributed by atoms with Crippen molar-refractivity contribution in [1.82, 2.24) is 0 Å². The number of hydrogen-bond acceptors (Lipinski definition) is 4. The highest BCUT2D eigenvalue weighted by molar-refractivity contribution is 5.95. The van der Waals surface area contributed by atoms with E-state index in [1.807, 2.05) is 19.9 Å². The molecule has 0 heterocycles. The molecule has 1 N–H and O–H groups in total. The third-order valence-corrected chi connectivity index (χ3v) is 3.58. The molecule has 25 heavy (non-hydrogen) atoms. The fourth-order valence-electron chi connectivity index (χ4n) is 2.05. The zero-order valence-electron chi connectivity index (χ0n) is 14.0. The zero-order chi connectivity index (χ0) is 18.6. The number of benzene rings is 2. The summed E-state index contributed by atoms with van der Waals surface area (Å²) >= 11 is 0. The molecule has 0 aliphatic rings. The maximum Gasteiger partial charge on any atom is 0.340 e. The second kappa shape index (κ2) is 7.74. The van der Waals surface area contributed by atoms with Gasteiger partial charge in [0.2, 0.25) is 0 Å². The lowest BCUT2D eigenvalue weighted by atomic mass is 10.1. The van der Waals surface area contributed by atoms with Crippen LogP contribution < -0.4 is 10.1 Å². The number of nitrogens with one attached hydrogen (secondary N) is 1. The number of halogens is 2. The number of carbonyl (C=O) groups excluding carboxylic acids is 2. The molecule has 1 amide bonds. The van der Waals surface area contributed by atoms with Gasteiger partial charge in [-0.15, -0.1) is 0 Å². The van der Waals surface area contributed by atoms with Crippen LogP contribution >= 0.6 is 0 Å². The van der Waals surface area contributed by atoms with E-state index in [9.17, 15) is 18.4 Å². The second-order valence-corrected chi connectivity index (χ2v) is 5.39. The average Bonchev–Trinajstić information content (AvgIpc) is 2.57. The third-order valence-electron chi connectivity index (χ3n) is 3.58. The molecule has 0 fully saturated rings. The minimum atomic E-state index is -1.08. The summed E-state index contributed by atoms with van der Waals surface area (Å²) in [5, 5.41) is 2.24. The van der Waals surface area contributed by atoms with Crippen molar-refractivity contribution in [1.29, 1.82) is 0 Å². The molecule has 0 spiro atoms. The Bertz CT molecular complexity index is 821. The van der Waals surface area contributed by atoms with Gasteiger partial charge < -0.3 is 14.8 Å². The number of esters is 1. The molecule has 2 aromatic carbocycles. The minimum absolute atomic E-state index is 0.338. The van der Waals surface area contributed by atoms with Crippen LogP contribution in [0.1, 0.15) is 21.5 Å². The molecule has 2 aromatic rings. The molecule has 0 saturated heterocycles. The summed E-state index contributed by atoms with van der Waals surface area (Å²) in [6, 6.07) is 6.72. The fourth-order valence-corrected chi connectivity index (χ4v) is 2.05. The number of hydrogen-bond donors (Lipinski definition) is 1. The van der Waals surface area contributed by atoms with Crippen molar-refractivity contribution in [3.63, 3.8) is 0 Å². The third kappa shape index (κ3) is 4.53. The van der Waals surface area contributed by atoms with E-state index in [1.54, 1.807) is 12.1 Å². The number of rotatable bonds is 5. The van der Waals surface area contributed by atoms with Crippen molar-refractivity contribution in [2.75, 3.05) is 19.0 Å². The van der Waals surface area contributed by atoms with E-state index >= 15 is 0 Å². The number of aryl methyl sites for hydroxylation is 2. The standard InChI is InChI=1S/C18H17F2NO4/c1-10-4-5-12(6-11(10)2)25-9-17(22)21-16-7-13(18(23)24-3)14(19)8-15(16)20/h4-8H,9H2,1-3H3,(H,21,22). The Labute approximate surface area is 143 Å². The van der Waals surface area contributed by atoms with Gasteiger partial charge in [0, 0.05) is 6.07 Å². The molecule has 0 aliphatic carbocycles. The van der Waals surface area contributed by atoms with Crippen molar-refractivity contribution in [3.05, 3.63) is 58.7 Å². The Morgan fingerprint density at radius 2 is 1.76 bits per heavy atom. The van der Waals surface area contributed by atoms with Gasteiger partial charge >= 0.3 is 5.97 Å². The Morgan fingerprint density at radius 3 is 2.40 bits per heavy atom. The van der Waals surface area contributed by atoms with Crippen molar-refractivity contribution >= 4 is 17.6 Å². The van der Waals surface area contributed by atoms with Gasteiger partial charge in [-0.3, -0.25) is 4.79 Å². The van der Waals surface area contributed by atoms with Gasteiger partial charge in [0.25, 0.3) is 5.91 Å². The van der Waals surface area contributed by atoms with Crippen LogP contribution in [0.5, 0.6) is 5.75 Å². The normalized spacial score (nSPS) is 10.3. The van der Waals surface area contributed by atoms with Crippen LogP contribution in [0.2, 0.25) is 0 Å². The lowest BCUT2D eigenvalue weighted by Crippen LogP contribution is -2.21. The molecule has 0 unspecified atom stereocenters. The smallest absolute Gasteiger partial charge is 0.340 e. The first-order valence-electron chi connectivity index (χ1n) is 7.39. The Morgan fingerprint density at radius 1 is 1.04 bits per heavy atom. The van der Waals surface area contributed by atoms with E-state index < -0.39 is 29.1 Å². The van der Waals surface area contributed by atoms with Crippen molar-refractivity contribution in [2.24, 2.45) is 0 Å². The molecule has 0 bridgehead atoms. The summed E-state index contributed by atoms with van der Waals surface area (Å²) in [6.07, 6.45) is 0. The van der Waals surface area contributed by atoms with Crippen molar-refractivity contribution in [2.45, 2.75) is 13.8 Å². The van der Waals surface area contributed by atoms with Gasteiger partial charge in [-0.25, -0.2) is 13.6 Å². The van der Waals surface area contributed by atoms with Crippen molar-refractivity contribution in [3.8, 4) is 5.75 Å². The molecule has 0 aromatic heterocycles. The predicted octanol–water partition coefficient (Wildman–Crippen LogP) is 3.39. The van der Waals surface area contributed by atoms with Gasteiger partial charge in [-0.1, -0.05) is 6.07 Å². The van der Waals surface area contributed by atoms with Crippen molar-refractivity contribution < 1.29 is 27.8 Å². The minimum Gasteiger partial charge on any atom is -0.484 e. The van der Waals surface area contributed by atoms with Gasteiger partial charge in [-0.2, -0.15) is 0 Å². The number of ether oxygens (including phenoxy) is 2. The molecule has 0 atom stereocenters. The van der Waals surface area contributed by atoms with Gasteiger partial charge in [-0.05, 0) is 43.2 Å². The predicted molar refractivity (Wildman–Crippen MR) is 87.7 cm³/mol. The molecule has 0 aliphatic heterocycles. The second-order valence-electron chi connectivity index (χ2n) is 5.39. The first kappa shape index (κ1) is 18.4. The number of anilines is 1. The van der Waals surface area contributed by atoms with Gasteiger partial charge in [0.05, 0.1) is 18.4 Å². The van der Waals surface area contributed by atoms with Crippen LogP contribution in [-0.2, 0) is 9.53 Å². The zero-order valence-corrected chi connectivity index (χ0v) is 14.0. The Balaban J connectivity index is 2.07. The first-order chi connectivity index (χ1) is 11.8. The monoisotopic (exact) mass is 349 g/mol. The summed E-state index contributed by atoms with van der Waals surface area (Å²) < 4.78 is 37.1. The maximum atomic E-state index is 13.8. The van der Waals surface area contributed by atoms with Crippen LogP contribution in [0.4, 0.5) is 14.5 Å². The van der Waals surface area contributed by atoms with E-state index in [4.69, 9.17) is 4.74 Å². The van der Waals surface area contributed by atoms with Gasteiger partial charge in [0.1, 0.15) is 17.4 Å². The van der Waals surface area contributed by atoms with Crippen LogP contribution in [0.15, 0.2) is 30.3 Å². The molecular weight excluding hydrogens is 332 g/mol. The van der Waals surface area contributed by atoms with E-state index in [0.29, 0.717) is 11.8 Å². The fraction of sp³-hybridized carbons (Fsp3) is 0.222.